The number of hydrogen-bond donors (Lipinski definition) is 2. The van der Waals surface area contributed by atoms with Crippen molar-refractivity contribution in [3.8, 4) is 23.0 Å². The van der Waals surface area contributed by atoms with Crippen molar-refractivity contribution in [3.05, 3.63) is 59.0 Å². The fraction of sp³-hybridized carbons (Fsp3) is 0.360. The number of halogens is 1. The van der Waals surface area contributed by atoms with Gasteiger partial charge in [0.25, 0.3) is 5.91 Å². The molecule has 0 radical (unpaired) electrons. The van der Waals surface area contributed by atoms with Crippen molar-refractivity contribution < 1.29 is 52.5 Å². The number of pyridine rings is 1. The molecule has 0 saturated carbocycles. The van der Waals surface area contributed by atoms with Gasteiger partial charge in [0, 0.05) is 18.5 Å². The predicted octanol–water partition coefficient (Wildman–Crippen LogP) is 2.79. The fourth-order valence-electron chi connectivity index (χ4n) is 3.77. The predicted molar refractivity (Wildman–Crippen MR) is 138 cm³/mol. The second-order valence-electron chi connectivity index (χ2n) is 8.86. The molecule has 0 aliphatic carbocycles. The first kappa shape index (κ1) is 24.0. The number of carbonyl (C=O) groups is 1. The Morgan fingerprint density at radius 2 is 1.80 bits per heavy atom. The minimum absolute atomic E-state index is 0.0875. The average Bonchev–Trinajstić information content (AvgIpc) is 2.92. The van der Waals surface area contributed by atoms with Crippen molar-refractivity contribution in [2.24, 2.45) is 0 Å². The summed E-state index contributed by atoms with van der Waals surface area (Å²) in [6.07, 6.45) is 0.486. The van der Waals surface area contributed by atoms with E-state index in [2.05, 4.69) is 19.5 Å². The zero-order valence-electron chi connectivity index (χ0n) is 26.0. The number of phosphoric ester groups is 1. The summed E-state index contributed by atoms with van der Waals surface area (Å²) < 4.78 is 85.5. The minimum Gasteiger partial charge on any atom is -0.493 e. The lowest BCUT2D eigenvalue weighted by molar-refractivity contribution is -0.133. The lowest BCUT2D eigenvalue weighted by atomic mass is 10.1. The van der Waals surface area contributed by atoms with E-state index in [1.807, 2.05) is 0 Å². The van der Waals surface area contributed by atoms with Gasteiger partial charge in [-0.15, -0.1) is 0 Å². The van der Waals surface area contributed by atoms with Crippen LogP contribution in [-0.4, -0.2) is 64.3 Å². The number of hydrogen-bond acceptors (Lipinski definition) is 10. The van der Waals surface area contributed by atoms with Crippen molar-refractivity contribution >= 4 is 19.5 Å². The summed E-state index contributed by atoms with van der Waals surface area (Å²) in [5, 5.41) is 0. The Hall–Kier alpha value is -3.84. The second kappa shape index (κ2) is 11.3. The molecule has 0 fully saturated rings. The van der Waals surface area contributed by atoms with E-state index in [1.54, 1.807) is 12.1 Å². The Morgan fingerprint density at radius 3 is 2.40 bits per heavy atom. The zero-order chi connectivity index (χ0) is 32.8. The second-order valence-corrected chi connectivity index (χ2v) is 10.0. The first-order valence-electron chi connectivity index (χ1n) is 13.5. The molecule has 214 valence electrons. The number of aromatic nitrogens is 3. The highest BCUT2D eigenvalue weighted by Gasteiger charge is 2.42. The number of carbonyl (C=O) groups excluding carboxylic acids is 1. The van der Waals surface area contributed by atoms with E-state index in [1.165, 1.54) is 35.2 Å². The fourth-order valence-corrected chi connectivity index (χ4v) is 3.96. The number of fused-ring (bicyclic) bond motifs is 1. The number of benzene rings is 1. The van der Waals surface area contributed by atoms with Crippen LogP contribution < -0.4 is 23.8 Å². The molecule has 3 aromatic rings. The van der Waals surface area contributed by atoms with E-state index in [0.29, 0.717) is 22.8 Å². The van der Waals surface area contributed by atoms with Gasteiger partial charge >= 0.3 is 7.82 Å². The molecule has 1 aliphatic rings. The quantitative estimate of drug-likeness (QED) is 0.337. The van der Waals surface area contributed by atoms with E-state index >= 15 is 0 Å². The highest BCUT2D eigenvalue weighted by molar-refractivity contribution is 7.46. The van der Waals surface area contributed by atoms with Crippen molar-refractivity contribution in [2.75, 3.05) is 32.9 Å². The molecule has 1 amide bonds. The summed E-state index contributed by atoms with van der Waals surface area (Å²) in [5.41, 5.74) is -1.78. The molecule has 15 heteroatoms. The van der Waals surface area contributed by atoms with E-state index < -0.39 is 61.9 Å². The van der Waals surface area contributed by atoms with Crippen LogP contribution in [0.15, 0.2) is 30.4 Å². The minimum atomic E-state index is -5.49. The number of rotatable bonds is 10. The van der Waals surface area contributed by atoms with Gasteiger partial charge in [-0.05, 0) is 43.6 Å². The van der Waals surface area contributed by atoms with Gasteiger partial charge in [-0.2, -0.15) is 0 Å². The van der Waals surface area contributed by atoms with Crippen molar-refractivity contribution in [2.45, 2.75) is 32.3 Å². The Balaban J connectivity index is 1.76. The monoisotopic (exact) mass is 582 g/mol. The topological polar surface area (TPSA) is 163 Å². The van der Waals surface area contributed by atoms with Crippen molar-refractivity contribution in [1.29, 1.82) is 0 Å². The van der Waals surface area contributed by atoms with Crippen LogP contribution in [0.3, 0.4) is 0 Å². The number of anilines is 1. The molecule has 3 heterocycles. The van der Waals surface area contributed by atoms with Gasteiger partial charge in [-0.1, -0.05) is 0 Å². The van der Waals surface area contributed by atoms with Crippen LogP contribution in [-0.2, 0) is 26.7 Å². The molecule has 2 aromatic heterocycles. The highest BCUT2D eigenvalue weighted by Crippen LogP contribution is 2.41. The van der Waals surface area contributed by atoms with Gasteiger partial charge in [0.2, 0.25) is 5.75 Å². The molecule has 0 atom stereocenters. The van der Waals surface area contributed by atoms with Gasteiger partial charge in [0.05, 0.1) is 38.7 Å². The summed E-state index contributed by atoms with van der Waals surface area (Å²) >= 11 is 0. The zero-order valence-corrected chi connectivity index (χ0v) is 22.9. The molecule has 0 saturated heterocycles. The van der Waals surface area contributed by atoms with Crippen molar-refractivity contribution in [3.63, 3.8) is 0 Å². The van der Waals surface area contributed by atoms with Gasteiger partial charge in [-0.25, -0.2) is 23.9 Å². The van der Waals surface area contributed by atoms with Crippen LogP contribution in [0.1, 0.15) is 42.1 Å². The van der Waals surface area contributed by atoms with Gasteiger partial charge < -0.3 is 28.7 Å². The molecule has 0 spiro atoms. The largest absolute Gasteiger partial charge is 0.493 e. The molecule has 13 nitrogen and oxygen atoms in total. The Labute approximate surface area is 234 Å². The Morgan fingerprint density at radius 1 is 1.12 bits per heavy atom. The van der Waals surface area contributed by atoms with Crippen LogP contribution >= 0.6 is 7.82 Å². The molecule has 40 heavy (non-hydrogen) atoms. The third-order valence-electron chi connectivity index (χ3n) is 5.59. The molecular weight excluding hydrogens is 550 g/mol. The van der Waals surface area contributed by atoms with Crippen LogP contribution in [0.4, 0.5) is 10.2 Å². The summed E-state index contributed by atoms with van der Waals surface area (Å²) in [4.78, 5) is 44.3. The number of methoxy groups -OCH3 is 3. The maximum Gasteiger partial charge on any atom is 0.471 e. The van der Waals surface area contributed by atoms with Gasteiger partial charge in [-0.3, -0.25) is 14.2 Å². The van der Waals surface area contributed by atoms with Gasteiger partial charge in [0.1, 0.15) is 12.5 Å². The number of ether oxygens (including phenoxy) is 4. The summed E-state index contributed by atoms with van der Waals surface area (Å²) in [6, 6.07) is 2.13. The average molecular weight is 583 g/mol. The Bertz CT molecular complexity index is 1650. The van der Waals surface area contributed by atoms with E-state index in [-0.39, 0.29) is 28.5 Å². The summed E-state index contributed by atoms with van der Waals surface area (Å²) in [5.74, 6) is -1.99. The smallest absolute Gasteiger partial charge is 0.471 e. The van der Waals surface area contributed by atoms with Gasteiger partial charge in [0.15, 0.2) is 34.5 Å². The van der Waals surface area contributed by atoms with Crippen LogP contribution in [0.25, 0.3) is 0 Å². The molecule has 4 rings (SSSR count). The molecule has 0 bridgehead atoms. The summed E-state index contributed by atoms with van der Waals surface area (Å²) in [7, 11) is -1.14. The maximum absolute atomic E-state index is 14.9. The molecule has 1 aliphatic heterocycles. The first-order chi connectivity index (χ1) is 20.4. The van der Waals surface area contributed by atoms with E-state index in [0.717, 1.165) is 6.20 Å². The molecule has 0 unspecified atom stereocenters. The van der Waals surface area contributed by atoms with E-state index in [4.69, 9.17) is 24.4 Å². The number of amides is 1. The third-order valence-corrected chi connectivity index (χ3v) is 5.91. The lowest BCUT2D eigenvalue weighted by Gasteiger charge is -2.37. The Kier molecular flexibility index (Phi) is 6.80. The highest BCUT2D eigenvalue weighted by atomic mass is 31.2. The van der Waals surface area contributed by atoms with Crippen LogP contribution in [0, 0.1) is 5.82 Å². The standard InChI is InChI=1S/C25H28FN4O9P/c1-25(2)24(31)30(13-38-40(32,33)34)23-18(39-25)7-6-15(28-23)11-17-16(26)12-27-21(29-17)10-14-8-19(35-3)22(37-5)20(9-14)36-4/h6-9,12H,10-11,13H2,1-5H3,(H2,32,33,34)/i6D,7D,13D2. The number of nitrogens with zero attached hydrogens (tertiary/aromatic N) is 4. The number of phosphoric acid groups is 1. The first-order valence-corrected chi connectivity index (χ1v) is 13.0. The van der Waals surface area contributed by atoms with Crippen LogP contribution in [0.2, 0.25) is 0 Å². The summed E-state index contributed by atoms with van der Waals surface area (Å²) in [6.45, 7) is -1.02. The van der Waals surface area contributed by atoms with E-state index in [9.17, 15) is 23.5 Å². The molecule has 2 N–H and O–H groups in total. The normalized spacial score (nSPS) is 16.2. The van der Waals surface area contributed by atoms with Crippen LogP contribution in [0.5, 0.6) is 23.0 Å². The van der Waals surface area contributed by atoms with Crippen molar-refractivity contribution in [1.82, 2.24) is 15.0 Å². The lowest BCUT2D eigenvalue weighted by Crippen LogP contribution is -2.53. The third kappa shape index (κ3) is 6.31. The molecular formula is C25H28FN4O9P. The SMILES string of the molecule is [2H]c1c(Cc2nc(Cc3cc(OC)c(OC)c(OC)c3)ncc2F)nc2c(c1[2H])OC(C)(C)C(=O)N2C([2H])([2H])OP(=O)(O)O. The maximum atomic E-state index is 14.9. The molecule has 1 aromatic carbocycles.